The summed E-state index contributed by atoms with van der Waals surface area (Å²) in [5.74, 6) is 2.57. The molecule has 1 aromatic rings. The van der Waals surface area contributed by atoms with Crippen LogP contribution < -0.4 is 11.2 Å². The maximum Gasteiger partial charge on any atom is 0.330 e. The van der Waals surface area contributed by atoms with E-state index in [1.54, 1.807) is 22.6 Å². The Hall–Kier alpha value is -1.15. The third-order valence-electron chi connectivity index (χ3n) is 2.84. The Morgan fingerprint density at radius 3 is 2.89 bits per heavy atom. The number of ether oxygens (including phenoxy) is 1. The molecule has 0 spiro atoms. The molecule has 0 aliphatic carbocycles. The van der Waals surface area contributed by atoms with Gasteiger partial charge in [-0.15, -0.1) is 0 Å². The number of aliphatic hydroxyl groups is 2. The lowest BCUT2D eigenvalue weighted by atomic mass is 10.2. The lowest BCUT2D eigenvalue weighted by molar-refractivity contribution is -0.0459. The molecule has 7 nitrogen and oxygen atoms in total. The SMILES string of the molecule is O=c1[nH]c(=O)n(C2CC(O)C(CO)O2)cc1C#CI. The fourth-order valence-corrected chi connectivity index (χ4v) is 2.18. The average Bonchev–Trinajstić information content (AvgIpc) is 2.74. The van der Waals surface area contributed by atoms with E-state index in [0.29, 0.717) is 0 Å². The first kappa shape index (κ1) is 14.3. The van der Waals surface area contributed by atoms with Crippen molar-refractivity contribution in [3.05, 3.63) is 32.6 Å². The van der Waals surface area contributed by atoms with Crippen molar-refractivity contribution in [1.82, 2.24) is 9.55 Å². The first-order valence-corrected chi connectivity index (χ1v) is 6.56. The van der Waals surface area contributed by atoms with Gasteiger partial charge in [-0.05, 0) is 9.85 Å². The highest BCUT2D eigenvalue weighted by molar-refractivity contribution is 14.1. The van der Waals surface area contributed by atoms with Crippen LogP contribution in [-0.2, 0) is 4.74 Å². The van der Waals surface area contributed by atoms with E-state index in [9.17, 15) is 14.7 Å². The number of hydrogen-bond donors (Lipinski definition) is 3. The van der Waals surface area contributed by atoms with E-state index in [1.165, 1.54) is 6.20 Å². The smallest absolute Gasteiger partial charge is 0.330 e. The lowest BCUT2D eigenvalue weighted by Crippen LogP contribution is -2.33. The van der Waals surface area contributed by atoms with Gasteiger partial charge in [0.15, 0.2) is 0 Å². The van der Waals surface area contributed by atoms with Crippen molar-refractivity contribution in [2.24, 2.45) is 0 Å². The fourth-order valence-electron chi connectivity index (χ4n) is 1.89. The van der Waals surface area contributed by atoms with E-state index in [0.717, 1.165) is 4.57 Å². The van der Waals surface area contributed by atoms with Crippen LogP contribution in [0.15, 0.2) is 15.8 Å². The summed E-state index contributed by atoms with van der Waals surface area (Å²) in [6.45, 7) is -0.337. The normalized spacial score (nSPS) is 25.9. The molecule has 1 aliphatic heterocycles. The Kier molecular flexibility index (Phi) is 4.41. The van der Waals surface area contributed by atoms with Crippen LogP contribution in [0.2, 0.25) is 0 Å². The Labute approximate surface area is 121 Å². The van der Waals surface area contributed by atoms with Crippen molar-refractivity contribution in [1.29, 1.82) is 0 Å². The van der Waals surface area contributed by atoms with Gasteiger partial charge in [-0.1, -0.05) is 0 Å². The van der Waals surface area contributed by atoms with Gasteiger partial charge in [-0.3, -0.25) is 14.3 Å². The molecule has 102 valence electrons. The van der Waals surface area contributed by atoms with Crippen LogP contribution in [0.5, 0.6) is 0 Å². The monoisotopic (exact) mass is 378 g/mol. The predicted molar refractivity (Wildman–Crippen MR) is 73.8 cm³/mol. The molecule has 2 rings (SSSR count). The molecule has 3 N–H and O–H groups in total. The highest BCUT2D eigenvalue weighted by Gasteiger charge is 2.35. The number of aromatic amines is 1. The molecular weight excluding hydrogens is 367 g/mol. The zero-order chi connectivity index (χ0) is 14.0. The summed E-state index contributed by atoms with van der Waals surface area (Å²) in [6, 6.07) is 0. The van der Waals surface area contributed by atoms with Crippen molar-refractivity contribution >= 4 is 22.6 Å². The Morgan fingerprint density at radius 2 is 2.32 bits per heavy atom. The largest absolute Gasteiger partial charge is 0.394 e. The zero-order valence-electron chi connectivity index (χ0n) is 9.67. The van der Waals surface area contributed by atoms with Crippen molar-refractivity contribution in [3.63, 3.8) is 0 Å². The summed E-state index contributed by atoms with van der Waals surface area (Å²) in [7, 11) is 0. The summed E-state index contributed by atoms with van der Waals surface area (Å²) in [6.07, 6.45) is -0.861. The van der Waals surface area contributed by atoms with Crippen LogP contribution in [0.1, 0.15) is 18.2 Å². The Bertz CT molecular complexity index is 641. The second-order valence-corrected chi connectivity index (χ2v) is 4.58. The van der Waals surface area contributed by atoms with Gasteiger partial charge in [0.1, 0.15) is 17.9 Å². The molecule has 1 fully saturated rings. The molecule has 1 aromatic heterocycles. The Morgan fingerprint density at radius 1 is 1.58 bits per heavy atom. The number of nitrogens with zero attached hydrogens (tertiary/aromatic N) is 1. The van der Waals surface area contributed by atoms with E-state index in [1.807, 2.05) is 0 Å². The lowest BCUT2D eigenvalue weighted by Gasteiger charge is -2.14. The van der Waals surface area contributed by atoms with E-state index in [-0.39, 0.29) is 18.6 Å². The zero-order valence-corrected chi connectivity index (χ0v) is 11.8. The summed E-state index contributed by atoms with van der Waals surface area (Å²) in [5.41, 5.74) is -1.07. The minimum absolute atomic E-state index is 0.138. The number of H-pyrrole nitrogens is 1. The highest BCUT2D eigenvalue weighted by atomic mass is 127. The third kappa shape index (κ3) is 2.89. The first-order chi connectivity index (χ1) is 9.06. The van der Waals surface area contributed by atoms with Gasteiger partial charge >= 0.3 is 5.69 Å². The van der Waals surface area contributed by atoms with Crippen LogP contribution >= 0.6 is 22.6 Å². The van der Waals surface area contributed by atoms with Gasteiger partial charge in [-0.2, -0.15) is 0 Å². The van der Waals surface area contributed by atoms with Crippen LogP contribution in [0, 0.1) is 9.85 Å². The molecule has 8 heteroatoms. The summed E-state index contributed by atoms with van der Waals surface area (Å²) < 4.78 is 9.06. The van der Waals surface area contributed by atoms with Crippen molar-refractivity contribution in [3.8, 4) is 9.85 Å². The van der Waals surface area contributed by atoms with Crippen LogP contribution in [0.3, 0.4) is 0 Å². The van der Waals surface area contributed by atoms with Gasteiger partial charge in [-0.25, -0.2) is 4.79 Å². The number of halogens is 1. The number of aromatic nitrogens is 2. The maximum atomic E-state index is 11.7. The Balaban J connectivity index is 2.40. The molecule has 0 aromatic carbocycles. The summed E-state index contributed by atoms with van der Waals surface area (Å²) in [4.78, 5) is 25.3. The van der Waals surface area contributed by atoms with E-state index < -0.39 is 29.7 Å². The minimum Gasteiger partial charge on any atom is -0.394 e. The molecule has 1 saturated heterocycles. The third-order valence-corrected chi connectivity index (χ3v) is 3.11. The number of aliphatic hydroxyl groups excluding tert-OH is 2. The quantitative estimate of drug-likeness (QED) is 0.449. The molecule has 3 unspecified atom stereocenters. The number of nitrogens with one attached hydrogen (secondary N) is 1. The van der Waals surface area contributed by atoms with E-state index >= 15 is 0 Å². The summed E-state index contributed by atoms with van der Waals surface area (Å²) >= 11 is 1.78. The first-order valence-electron chi connectivity index (χ1n) is 5.48. The molecular formula is C11H11IN2O5. The van der Waals surface area contributed by atoms with Crippen molar-refractivity contribution in [2.75, 3.05) is 6.61 Å². The van der Waals surface area contributed by atoms with Gasteiger partial charge in [0.2, 0.25) is 0 Å². The topological polar surface area (TPSA) is 105 Å². The summed E-state index contributed by atoms with van der Waals surface area (Å²) in [5, 5.41) is 18.6. The molecule has 19 heavy (non-hydrogen) atoms. The van der Waals surface area contributed by atoms with Gasteiger partial charge in [0.05, 0.1) is 12.7 Å². The van der Waals surface area contributed by atoms with Gasteiger partial charge in [0.25, 0.3) is 5.56 Å². The second kappa shape index (κ2) is 5.87. The van der Waals surface area contributed by atoms with E-state index in [4.69, 9.17) is 9.84 Å². The molecule has 0 radical (unpaired) electrons. The standard InChI is InChI=1S/C11H11IN2O5/c12-2-1-6-4-14(11(18)13-10(6)17)9-3-7(16)8(5-15)19-9/h4,7-9,15-16H,3,5H2,(H,13,17,18). The van der Waals surface area contributed by atoms with Crippen LogP contribution in [0.25, 0.3) is 0 Å². The number of rotatable bonds is 2. The molecule has 1 aliphatic rings. The molecule has 0 saturated carbocycles. The van der Waals surface area contributed by atoms with Crippen LogP contribution in [-0.4, -0.2) is 38.6 Å². The second-order valence-electron chi connectivity index (χ2n) is 4.04. The molecule has 0 amide bonds. The van der Waals surface area contributed by atoms with Gasteiger partial charge in [0, 0.05) is 35.2 Å². The molecule has 3 atom stereocenters. The predicted octanol–water partition coefficient (Wildman–Crippen LogP) is -1.08. The minimum atomic E-state index is -0.854. The number of hydrogen-bond acceptors (Lipinski definition) is 5. The highest BCUT2D eigenvalue weighted by Crippen LogP contribution is 2.27. The molecule has 0 bridgehead atoms. The average molecular weight is 378 g/mol. The fraction of sp³-hybridized carbons (Fsp3) is 0.455. The maximum absolute atomic E-state index is 11.7. The molecule has 2 heterocycles. The van der Waals surface area contributed by atoms with Gasteiger partial charge < -0.3 is 14.9 Å². The van der Waals surface area contributed by atoms with Crippen LogP contribution in [0.4, 0.5) is 0 Å². The van der Waals surface area contributed by atoms with Crippen molar-refractivity contribution < 1.29 is 14.9 Å². The van der Waals surface area contributed by atoms with E-state index in [2.05, 4.69) is 14.8 Å². The van der Waals surface area contributed by atoms with Crippen molar-refractivity contribution in [2.45, 2.75) is 24.9 Å².